The van der Waals surface area contributed by atoms with Crippen molar-refractivity contribution in [2.24, 2.45) is 0 Å². The average Bonchev–Trinajstić information content (AvgIpc) is 2.33. The largest absolute Gasteiger partial charge is 0.391 e. The smallest absolute Gasteiger partial charge is 0.0759 e. The molecule has 0 saturated heterocycles. The van der Waals surface area contributed by atoms with Crippen LogP contribution in [0.3, 0.4) is 0 Å². The van der Waals surface area contributed by atoms with Crippen molar-refractivity contribution < 1.29 is 5.11 Å². The molecule has 1 aromatic rings. The van der Waals surface area contributed by atoms with Crippen molar-refractivity contribution in [1.82, 2.24) is 9.88 Å². The van der Waals surface area contributed by atoms with E-state index in [1.165, 1.54) is 0 Å². The van der Waals surface area contributed by atoms with Gasteiger partial charge in [0.25, 0.3) is 0 Å². The van der Waals surface area contributed by atoms with Crippen LogP contribution in [0.1, 0.15) is 33.3 Å². The molecule has 1 heterocycles. The highest BCUT2D eigenvalue weighted by Crippen LogP contribution is 2.24. The van der Waals surface area contributed by atoms with E-state index in [0.717, 1.165) is 18.7 Å². The van der Waals surface area contributed by atoms with Gasteiger partial charge in [-0.3, -0.25) is 9.88 Å². The number of likely N-dealkylation sites (N-methyl/N-ethyl adjacent to an activating group) is 1. The van der Waals surface area contributed by atoms with Gasteiger partial charge in [0, 0.05) is 24.4 Å². The van der Waals surface area contributed by atoms with E-state index in [-0.39, 0.29) is 5.54 Å². The van der Waals surface area contributed by atoms with Gasteiger partial charge in [-0.1, -0.05) is 25.4 Å². The van der Waals surface area contributed by atoms with Crippen molar-refractivity contribution in [1.29, 1.82) is 0 Å². The Balaban J connectivity index is 2.81. The number of halogens is 1. The first-order chi connectivity index (χ1) is 8.43. The second-order valence-corrected chi connectivity index (χ2v) is 5.42. The van der Waals surface area contributed by atoms with E-state index < -0.39 is 6.10 Å². The maximum Gasteiger partial charge on any atom is 0.0759 e. The van der Waals surface area contributed by atoms with Crippen LogP contribution in [0.15, 0.2) is 18.5 Å². The van der Waals surface area contributed by atoms with Gasteiger partial charge in [-0.25, -0.2) is 0 Å². The molecule has 1 atom stereocenters. The Bertz CT molecular complexity index is 378. The van der Waals surface area contributed by atoms with Crippen LogP contribution in [-0.4, -0.2) is 39.7 Å². The zero-order valence-corrected chi connectivity index (χ0v) is 12.4. The molecule has 0 amide bonds. The molecule has 1 rings (SSSR count). The summed E-state index contributed by atoms with van der Waals surface area (Å²) in [5, 5.41) is 11.1. The van der Waals surface area contributed by atoms with Crippen LogP contribution in [-0.2, 0) is 6.42 Å². The number of pyridine rings is 1. The van der Waals surface area contributed by atoms with Crippen LogP contribution >= 0.6 is 11.6 Å². The second kappa shape index (κ2) is 6.50. The number of aromatic nitrogens is 1. The van der Waals surface area contributed by atoms with Crippen LogP contribution in [0.4, 0.5) is 0 Å². The number of aliphatic hydroxyl groups is 1. The number of aliphatic hydroxyl groups excluding tert-OH is 1. The minimum absolute atomic E-state index is 0.268. The summed E-state index contributed by atoms with van der Waals surface area (Å²) >= 11 is 6.08. The van der Waals surface area contributed by atoms with Gasteiger partial charge in [0.1, 0.15) is 0 Å². The molecule has 0 fully saturated rings. The van der Waals surface area contributed by atoms with Crippen molar-refractivity contribution in [3.63, 3.8) is 0 Å². The fourth-order valence-electron chi connectivity index (χ4n) is 2.28. The lowest BCUT2D eigenvalue weighted by Crippen LogP contribution is -2.53. The van der Waals surface area contributed by atoms with Gasteiger partial charge in [-0.15, -0.1) is 0 Å². The first-order valence-corrected chi connectivity index (χ1v) is 6.82. The minimum Gasteiger partial charge on any atom is -0.391 e. The summed E-state index contributed by atoms with van der Waals surface area (Å²) in [5.74, 6) is 0. The van der Waals surface area contributed by atoms with Crippen LogP contribution in [0.2, 0.25) is 5.02 Å². The summed E-state index contributed by atoms with van der Waals surface area (Å²) in [4.78, 5) is 6.21. The summed E-state index contributed by atoms with van der Waals surface area (Å²) in [6.07, 6.45) is 3.41. The van der Waals surface area contributed by atoms with Crippen LogP contribution < -0.4 is 0 Å². The van der Waals surface area contributed by atoms with E-state index in [0.29, 0.717) is 11.4 Å². The third kappa shape index (κ3) is 3.44. The van der Waals surface area contributed by atoms with Crippen LogP contribution in [0.5, 0.6) is 0 Å². The summed E-state index contributed by atoms with van der Waals surface area (Å²) in [7, 11) is 0. The molecule has 0 aliphatic rings. The molecule has 0 aliphatic heterocycles. The van der Waals surface area contributed by atoms with Gasteiger partial charge in [0.15, 0.2) is 0 Å². The molecular weight excluding hydrogens is 248 g/mol. The topological polar surface area (TPSA) is 36.4 Å². The molecule has 0 spiro atoms. The van der Waals surface area contributed by atoms with Gasteiger partial charge < -0.3 is 5.11 Å². The lowest BCUT2D eigenvalue weighted by atomic mass is 9.90. The molecule has 0 aromatic carbocycles. The lowest BCUT2D eigenvalue weighted by Gasteiger charge is -2.41. The van der Waals surface area contributed by atoms with Gasteiger partial charge in [0.05, 0.1) is 11.1 Å². The highest BCUT2D eigenvalue weighted by Gasteiger charge is 2.32. The monoisotopic (exact) mass is 270 g/mol. The Hall–Kier alpha value is -0.640. The maximum absolute atomic E-state index is 10.5. The molecule has 18 heavy (non-hydrogen) atoms. The zero-order chi connectivity index (χ0) is 13.8. The van der Waals surface area contributed by atoms with Gasteiger partial charge in [0.2, 0.25) is 0 Å². The van der Waals surface area contributed by atoms with Crippen molar-refractivity contribution >= 4 is 11.6 Å². The SMILES string of the molecule is CCN(CC)C(C)(C)C(O)Cc1ccncc1Cl. The van der Waals surface area contributed by atoms with E-state index in [2.05, 4.69) is 37.6 Å². The normalized spacial score (nSPS) is 13.9. The highest BCUT2D eigenvalue weighted by molar-refractivity contribution is 6.31. The Morgan fingerprint density at radius 1 is 1.39 bits per heavy atom. The van der Waals surface area contributed by atoms with Gasteiger partial charge >= 0.3 is 0 Å². The van der Waals surface area contributed by atoms with E-state index in [1.807, 2.05) is 6.07 Å². The zero-order valence-electron chi connectivity index (χ0n) is 11.7. The Labute approximate surface area is 115 Å². The number of hydrogen-bond acceptors (Lipinski definition) is 3. The third-order valence-electron chi connectivity index (χ3n) is 3.66. The van der Waals surface area contributed by atoms with E-state index >= 15 is 0 Å². The maximum atomic E-state index is 10.5. The molecule has 0 bridgehead atoms. The molecule has 1 unspecified atom stereocenters. The Morgan fingerprint density at radius 2 is 2.00 bits per heavy atom. The predicted molar refractivity (Wildman–Crippen MR) is 76.0 cm³/mol. The fraction of sp³-hybridized carbons (Fsp3) is 0.643. The molecular formula is C14H23ClN2O. The van der Waals surface area contributed by atoms with E-state index in [1.54, 1.807) is 12.4 Å². The molecule has 1 aromatic heterocycles. The molecule has 4 heteroatoms. The van der Waals surface area contributed by atoms with Crippen molar-refractivity contribution in [2.75, 3.05) is 13.1 Å². The van der Waals surface area contributed by atoms with Crippen molar-refractivity contribution in [3.8, 4) is 0 Å². The average molecular weight is 271 g/mol. The summed E-state index contributed by atoms with van der Waals surface area (Å²) < 4.78 is 0. The Kier molecular flexibility index (Phi) is 5.57. The third-order valence-corrected chi connectivity index (χ3v) is 4.00. The Morgan fingerprint density at radius 3 is 2.50 bits per heavy atom. The standard InChI is InChI=1S/C14H23ClN2O/c1-5-17(6-2)14(3,4)13(18)9-11-7-8-16-10-12(11)15/h7-8,10,13,18H,5-6,9H2,1-4H3. The molecule has 3 nitrogen and oxygen atoms in total. The summed E-state index contributed by atoms with van der Waals surface area (Å²) in [6.45, 7) is 10.2. The van der Waals surface area contributed by atoms with Crippen LogP contribution in [0, 0.1) is 0 Å². The van der Waals surface area contributed by atoms with Gasteiger partial charge in [-0.2, -0.15) is 0 Å². The molecule has 0 aliphatic carbocycles. The van der Waals surface area contributed by atoms with Gasteiger partial charge in [-0.05, 0) is 38.6 Å². The fourth-order valence-corrected chi connectivity index (χ4v) is 2.47. The molecule has 1 N–H and O–H groups in total. The summed E-state index contributed by atoms with van der Waals surface area (Å²) in [6, 6.07) is 1.86. The van der Waals surface area contributed by atoms with Crippen molar-refractivity contribution in [3.05, 3.63) is 29.0 Å². The first-order valence-electron chi connectivity index (χ1n) is 6.45. The number of nitrogens with zero attached hydrogens (tertiary/aromatic N) is 2. The summed E-state index contributed by atoms with van der Waals surface area (Å²) in [5.41, 5.74) is 0.676. The van der Waals surface area contributed by atoms with Crippen LogP contribution in [0.25, 0.3) is 0 Å². The highest BCUT2D eigenvalue weighted by atomic mass is 35.5. The quantitative estimate of drug-likeness (QED) is 0.864. The minimum atomic E-state index is -0.461. The molecule has 102 valence electrons. The number of rotatable bonds is 6. The van der Waals surface area contributed by atoms with Crippen molar-refractivity contribution in [2.45, 2.75) is 45.8 Å². The number of hydrogen-bond donors (Lipinski definition) is 1. The van der Waals surface area contributed by atoms with E-state index in [9.17, 15) is 5.11 Å². The van der Waals surface area contributed by atoms with E-state index in [4.69, 9.17) is 11.6 Å². The lowest BCUT2D eigenvalue weighted by molar-refractivity contribution is -0.00414. The molecule has 0 radical (unpaired) electrons. The second-order valence-electron chi connectivity index (χ2n) is 5.01. The molecule has 0 saturated carbocycles. The predicted octanol–water partition coefficient (Wildman–Crippen LogP) is 2.76. The first kappa shape index (κ1) is 15.4.